The van der Waals surface area contributed by atoms with E-state index in [1.807, 2.05) is 36.4 Å². The van der Waals surface area contributed by atoms with E-state index in [1.54, 1.807) is 0 Å². The number of rotatable bonds is 4. The normalized spacial score (nSPS) is 16.9. The highest BCUT2D eigenvalue weighted by molar-refractivity contribution is 6.30. The lowest BCUT2D eigenvalue weighted by Crippen LogP contribution is -2.24. The van der Waals surface area contributed by atoms with Gasteiger partial charge in [0.1, 0.15) is 0 Å². The van der Waals surface area contributed by atoms with Crippen LogP contribution in [0.2, 0.25) is 5.02 Å². The third-order valence-corrected chi connectivity index (χ3v) is 4.56. The molecule has 3 rings (SSSR count). The van der Waals surface area contributed by atoms with Gasteiger partial charge in [-0.1, -0.05) is 35.9 Å². The van der Waals surface area contributed by atoms with Crippen LogP contribution in [0.1, 0.15) is 23.7 Å². The maximum absolute atomic E-state index is 10.6. The summed E-state index contributed by atoms with van der Waals surface area (Å²) in [7, 11) is 4.18. The van der Waals surface area contributed by atoms with Gasteiger partial charge in [-0.2, -0.15) is 0 Å². The maximum Gasteiger partial charge on any atom is 0.0851 e. The first kappa shape index (κ1) is 16.3. The van der Waals surface area contributed by atoms with Gasteiger partial charge in [0.2, 0.25) is 0 Å². The fourth-order valence-corrected chi connectivity index (χ4v) is 3.38. The Morgan fingerprint density at radius 3 is 2.74 bits per heavy atom. The van der Waals surface area contributed by atoms with Gasteiger partial charge in [0, 0.05) is 34.9 Å². The van der Waals surface area contributed by atoms with Crippen molar-refractivity contribution < 1.29 is 5.11 Å². The Balaban J connectivity index is 2.04. The number of benzene rings is 2. The fraction of sp³-hybridized carbons (Fsp3) is 0.368. The largest absolute Gasteiger partial charge is 0.388 e. The third kappa shape index (κ3) is 3.52. The predicted octanol–water partition coefficient (Wildman–Crippen LogP) is 4.02. The summed E-state index contributed by atoms with van der Waals surface area (Å²) in [5, 5.41) is 11.4. The van der Waals surface area contributed by atoms with E-state index in [1.165, 1.54) is 0 Å². The topological polar surface area (TPSA) is 26.7 Å². The van der Waals surface area contributed by atoms with Crippen LogP contribution in [0.15, 0.2) is 42.5 Å². The molecule has 3 nitrogen and oxygen atoms in total. The van der Waals surface area contributed by atoms with Gasteiger partial charge in [-0.25, -0.2) is 0 Å². The van der Waals surface area contributed by atoms with Gasteiger partial charge < -0.3 is 14.9 Å². The van der Waals surface area contributed by atoms with E-state index in [0.717, 1.165) is 47.0 Å². The Morgan fingerprint density at radius 1 is 1.17 bits per heavy atom. The molecule has 2 aromatic rings. The van der Waals surface area contributed by atoms with Gasteiger partial charge in [-0.15, -0.1) is 0 Å². The lowest BCUT2D eigenvalue weighted by Gasteiger charge is -2.27. The standard InChI is InChI=1S/C19H23ClN2O/c1-21(2)10-5-11-22-17-7-4-3-6-16(17)19(23)12-14-8-9-15(20)13-18(14)22/h3-4,6-9,13,19,23H,5,10-12H2,1-2H3. The van der Waals surface area contributed by atoms with Crippen molar-refractivity contribution in [3.05, 3.63) is 58.6 Å². The highest BCUT2D eigenvalue weighted by Gasteiger charge is 2.25. The molecule has 122 valence electrons. The molecule has 0 fully saturated rings. The molecular weight excluding hydrogens is 308 g/mol. The zero-order valence-electron chi connectivity index (χ0n) is 13.7. The average molecular weight is 331 g/mol. The van der Waals surface area contributed by atoms with E-state index in [2.05, 4.69) is 30.0 Å². The zero-order valence-corrected chi connectivity index (χ0v) is 14.4. The Labute approximate surface area is 143 Å². The van der Waals surface area contributed by atoms with E-state index in [-0.39, 0.29) is 0 Å². The van der Waals surface area contributed by atoms with Crippen LogP contribution in [0.3, 0.4) is 0 Å². The first-order chi connectivity index (χ1) is 11.1. The number of aliphatic hydroxyl groups is 1. The van der Waals surface area contributed by atoms with Gasteiger partial charge >= 0.3 is 0 Å². The minimum absolute atomic E-state index is 0.482. The number of halogens is 1. The van der Waals surface area contributed by atoms with Crippen LogP contribution in [0.5, 0.6) is 0 Å². The van der Waals surface area contributed by atoms with E-state index < -0.39 is 6.10 Å². The first-order valence-corrected chi connectivity index (χ1v) is 8.42. The number of fused-ring (bicyclic) bond motifs is 2. The minimum atomic E-state index is -0.482. The van der Waals surface area contributed by atoms with Crippen LogP contribution < -0.4 is 4.90 Å². The third-order valence-electron chi connectivity index (χ3n) is 4.32. The molecule has 1 aliphatic rings. The highest BCUT2D eigenvalue weighted by atomic mass is 35.5. The lowest BCUT2D eigenvalue weighted by molar-refractivity contribution is 0.180. The molecule has 0 bridgehead atoms. The summed E-state index contributed by atoms with van der Waals surface area (Å²) >= 11 is 6.25. The Kier molecular flexibility index (Phi) is 4.90. The van der Waals surface area contributed by atoms with Crippen LogP contribution in [0.4, 0.5) is 11.4 Å². The number of aliphatic hydroxyl groups excluding tert-OH is 1. The Hall–Kier alpha value is -1.55. The Morgan fingerprint density at radius 2 is 1.96 bits per heavy atom. The zero-order chi connectivity index (χ0) is 16.4. The molecule has 0 aromatic heterocycles. The van der Waals surface area contributed by atoms with E-state index in [4.69, 9.17) is 11.6 Å². The molecule has 1 heterocycles. The number of anilines is 2. The van der Waals surface area contributed by atoms with Crippen LogP contribution in [0.25, 0.3) is 0 Å². The van der Waals surface area contributed by atoms with E-state index in [9.17, 15) is 5.11 Å². The monoisotopic (exact) mass is 330 g/mol. The number of hydrogen-bond donors (Lipinski definition) is 1. The molecule has 0 saturated carbocycles. The smallest absolute Gasteiger partial charge is 0.0851 e. The van der Waals surface area contributed by atoms with Crippen molar-refractivity contribution in [3.8, 4) is 0 Å². The molecule has 0 aliphatic carbocycles. The molecule has 0 saturated heterocycles. The van der Waals surface area contributed by atoms with Crippen molar-refractivity contribution in [2.75, 3.05) is 32.1 Å². The van der Waals surface area contributed by atoms with Crippen molar-refractivity contribution in [2.24, 2.45) is 0 Å². The highest BCUT2D eigenvalue weighted by Crippen LogP contribution is 2.40. The maximum atomic E-state index is 10.6. The molecule has 23 heavy (non-hydrogen) atoms. The number of para-hydroxylation sites is 1. The van der Waals surface area contributed by atoms with Crippen LogP contribution in [-0.2, 0) is 6.42 Å². The molecule has 4 heteroatoms. The van der Waals surface area contributed by atoms with E-state index in [0.29, 0.717) is 6.42 Å². The van der Waals surface area contributed by atoms with Crippen LogP contribution in [0, 0.1) is 0 Å². The summed E-state index contributed by atoms with van der Waals surface area (Å²) in [6.07, 6.45) is 1.18. The second-order valence-electron chi connectivity index (χ2n) is 6.36. The van der Waals surface area contributed by atoms with Gasteiger partial charge in [0.15, 0.2) is 0 Å². The predicted molar refractivity (Wildman–Crippen MR) is 96.7 cm³/mol. The Bertz CT molecular complexity index is 687. The SMILES string of the molecule is CN(C)CCCN1c2cc(Cl)ccc2CC(O)c2ccccc21. The van der Waals surface area contributed by atoms with Gasteiger partial charge in [0.05, 0.1) is 6.10 Å². The summed E-state index contributed by atoms with van der Waals surface area (Å²) in [5.41, 5.74) is 4.33. The van der Waals surface area contributed by atoms with Gasteiger partial charge in [-0.05, 0) is 50.8 Å². The van der Waals surface area contributed by atoms with Gasteiger partial charge in [0.25, 0.3) is 0 Å². The molecule has 0 amide bonds. The van der Waals surface area contributed by atoms with Crippen LogP contribution >= 0.6 is 11.6 Å². The molecule has 1 aliphatic heterocycles. The first-order valence-electron chi connectivity index (χ1n) is 8.04. The minimum Gasteiger partial charge on any atom is -0.388 e. The number of hydrogen-bond acceptors (Lipinski definition) is 3. The molecule has 0 spiro atoms. The van der Waals surface area contributed by atoms with Crippen molar-refractivity contribution in [3.63, 3.8) is 0 Å². The number of nitrogens with zero attached hydrogens (tertiary/aromatic N) is 2. The summed E-state index contributed by atoms with van der Waals surface area (Å²) in [6, 6.07) is 14.1. The van der Waals surface area contributed by atoms with Gasteiger partial charge in [-0.3, -0.25) is 0 Å². The summed E-state index contributed by atoms with van der Waals surface area (Å²) in [4.78, 5) is 4.49. The molecular formula is C19H23ClN2O. The van der Waals surface area contributed by atoms with Crippen LogP contribution in [-0.4, -0.2) is 37.2 Å². The second-order valence-corrected chi connectivity index (χ2v) is 6.80. The lowest BCUT2D eigenvalue weighted by atomic mass is 10.0. The quantitative estimate of drug-likeness (QED) is 0.917. The fourth-order valence-electron chi connectivity index (χ4n) is 3.21. The average Bonchev–Trinajstić information content (AvgIpc) is 2.63. The van der Waals surface area contributed by atoms with Crippen molar-refractivity contribution in [2.45, 2.75) is 18.9 Å². The molecule has 2 aromatic carbocycles. The van der Waals surface area contributed by atoms with Crippen molar-refractivity contribution >= 4 is 23.0 Å². The molecule has 1 unspecified atom stereocenters. The van der Waals surface area contributed by atoms with Crippen molar-refractivity contribution in [1.29, 1.82) is 0 Å². The molecule has 0 radical (unpaired) electrons. The van der Waals surface area contributed by atoms with E-state index >= 15 is 0 Å². The molecule has 1 atom stereocenters. The molecule has 1 N–H and O–H groups in total. The summed E-state index contributed by atoms with van der Waals surface area (Å²) in [6.45, 7) is 1.92. The van der Waals surface area contributed by atoms with Crippen molar-refractivity contribution in [1.82, 2.24) is 4.90 Å². The summed E-state index contributed by atoms with van der Waals surface area (Å²) < 4.78 is 0. The summed E-state index contributed by atoms with van der Waals surface area (Å²) in [5.74, 6) is 0. The second kappa shape index (κ2) is 6.91.